The van der Waals surface area contributed by atoms with Gasteiger partial charge in [0, 0.05) is 30.4 Å². The van der Waals surface area contributed by atoms with Crippen molar-refractivity contribution in [2.75, 3.05) is 13.1 Å². The van der Waals surface area contributed by atoms with Crippen molar-refractivity contribution in [1.29, 1.82) is 0 Å². The minimum Gasteiger partial charge on any atom is -0.344 e. The molecule has 1 aliphatic heterocycles. The van der Waals surface area contributed by atoms with Crippen LogP contribution in [0.2, 0.25) is 0 Å². The Labute approximate surface area is 141 Å². The summed E-state index contributed by atoms with van der Waals surface area (Å²) in [4.78, 5) is 7.93. The summed E-state index contributed by atoms with van der Waals surface area (Å²) in [7, 11) is -3.36. The van der Waals surface area contributed by atoms with Gasteiger partial charge in [0.1, 0.15) is 5.65 Å². The van der Waals surface area contributed by atoms with Gasteiger partial charge in [0.05, 0.1) is 4.90 Å². The van der Waals surface area contributed by atoms with E-state index in [0.29, 0.717) is 18.0 Å². The molecule has 1 saturated heterocycles. The van der Waals surface area contributed by atoms with Crippen molar-refractivity contribution in [3.05, 3.63) is 48.3 Å². The molecule has 0 aliphatic carbocycles. The van der Waals surface area contributed by atoms with Crippen molar-refractivity contribution in [3.63, 3.8) is 0 Å². The Kier molecular flexibility index (Phi) is 3.66. The van der Waals surface area contributed by atoms with Crippen molar-refractivity contribution in [2.45, 2.75) is 24.7 Å². The number of aromatic amines is 1. The van der Waals surface area contributed by atoms with Crippen LogP contribution in [0.15, 0.2) is 47.5 Å². The minimum atomic E-state index is -3.36. The molecule has 3 aromatic rings. The number of nitrogens with one attached hydrogen (secondary N) is 1. The summed E-state index contributed by atoms with van der Waals surface area (Å²) in [6.45, 7) is 3.24. The van der Waals surface area contributed by atoms with E-state index in [1.54, 1.807) is 22.6 Å². The SMILES string of the molecule is Cc1cc2c(-c3ccc(S(=O)(=O)N4CCCC4)cc3)ccnc2[nH]1. The smallest absolute Gasteiger partial charge is 0.243 e. The first-order valence-electron chi connectivity index (χ1n) is 8.11. The summed E-state index contributed by atoms with van der Waals surface area (Å²) in [6, 6.07) is 11.2. The summed E-state index contributed by atoms with van der Waals surface area (Å²) < 4.78 is 26.8. The molecule has 6 heteroatoms. The molecule has 1 aliphatic rings. The van der Waals surface area contributed by atoms with Crippen LogP contribution in [0.3, 0.4) is 0 Å². The van der Waals surface area contributed by atoms with Crippen LogP contribution in [0.25, 0.3) is 22.2 Å². The van der Waals surface area contributed by atoms with E-state index in [0.717, 1.165) is 40.7 Å². The molecule has 24 heavy (non-hydrogen) atoms. The predicted octanol–water partition coefficient (Wildman–Crippen LogP) is 3.32. The zero-order valence-electron chi connectivity index (χ0n) is 13.5. The van der Waals surface area contributed by atoms with Crippen molar-refractivity contribution < 1.29 is 8.42 Å². The second-order valence-corrected chi connectivity index (χ2v) is 8.15. The molecule has 0 spiro atoms. The highest BCUT2D eigenvalue weighted by atomic mass is 32.2. The van der Waals surface area contributed by atoms with E-state index in [-0.39, 0.29) is 0 Å². The van der Waals surface area contributed by atoms with Gasteiger partial charge in [0.15, 0.2) is 0 Å². The van der Waals surface area contributed by atoms with Gasteiger partial charge in [-0.15, -0.1) is 0 Å². The van der Waals surface area contributed by atoms with Crippen molar-refractivity contribution in [3.8, 4) is 11.1 Å². The van der Waals surface area contributed by atoms with Gasteiger partial charge in [-0.3, -0.25) is 0 Å². The standard InChI is InChI=1S/C18H19N3O2S/c1-13-12-17-16(8-9-19-18(17)20-13)14-4-6-15(7-5-14)24(22,23)21-10-2-3-11-21/h4-9,12H,2-3,10-11H2,1H3,(H,19,20). The van der Waals surface area contributed by atoms with E-state index in [9.17, 15) is 8.42 Å². The fraction of sp³-hybridized carbons (Fsp3) is 0.278. The molecule has 5 nitrogen and oxygen atoms in total. The number of hydrogen-bond acceptors (Lipinski definition) is 3. The number of aromatic nitrogens is 2. The highest BCUT2D eigenvalue weighted by molar-refractivity contribution is 7.89. The maximum Gasteiger partial charge on any atom is 0.243 e. The van der Waals surface area contributed by atoms with Gasteiger partial charge in [-0.2, -0.15) is 4.31 Å². The molecule has 124 valence electrons. The van der Waals surface area contributed by atoms with Crippen LogP contribution in [0.5, 0.6) is 0 Å². The molecular formula is C18H19N3O2S. The summed E-state index contributed by atoms with van der Waals surface area (Å²) in [5, 5.41) is 1.05. The number of nitrogens with zero attached hydrogens (tertiary/aromatic N) is 2. The van der Waals surface area contributed by atoms with Crippen LogP contribution in [0, 0.1) is 6.92 Å². The molecule has 1 fully saturated rings. The molecule has 0 atom stereocenters. The van der Waals surface area contributed by atoms with Gasteiger partial charge in [-0.05, 0) is 55.2 Å². The maximum atomic E-state index is 12.6. The second kappa shape index (κ2) is 5.72. The Morgan fingerprint density at radius 2 is 1.79 bits per heavy atom. The summed E-state index contributed by atoms with van der Waals surface area (Å²) in [5.41, 5.74) is 3.94. The van der Waals surface area contributed by atoms with Crippen LogP contribution in [-0.2, 0) is 10.0 Å². The molecule has 0 bridgehead atoms. The second-order valence-electron chi connectivity index (χ2n) is 6.21. The van der Waals surface area contributed by atoms with E-state index in [1.807, 2.05) is 25.1 Å². The lowest BCUT2D eigenvalue weighted by Crippen LogP contribution is -2.27. The van der Waals surface area contributed by atoms with Gasteiger partial charge in [-0.25, -0.2) is 13.4 Å². The first kappa shape index (κ1) is 15.4. The van der Waals surface area contributed by atoms with Crippen LogP contribution >= 0.6 is 0 Å². The zero-order valence-corrected chi connectivity index (χ0v) is 14.3. The van der Waals surface area contributed by atoms with E-state index in [4.69, 9.17) is 0 Å². The Morgan fingerprint density at radius 1 is 1.08 bits per heavy atom. The third kappa shape index (κ3) is 2.52. The average molecular weight is 341 g/mol. The predicted molar refractivity (Wildman–Crippen MR) is 94.3 cm³/mol. The number of hydrogen-bond donors (Lipinski definition) is 1. The van der Waals surface area contributed by atoms with E-state index in [1.165, 1.54) is 0 Å². The van der Waals surface area contributed by atoms with Gasteiger partial charge < -0.3 is 4.98 Å². The third-order valence-corrected chi connectivity index (χ3v) is 6.45. The van der Waals surface area contributed by atoms with Gasteiger partial charge in [-0.1, -0.05) is 12.1 Å². The number of H-pyrrole nitrogens is 1. The molecule has 0 unspecified atom stereocenters. The molecule has 0 saturated carbocycles. The zero-order chi connectivity index (χ0) is 16.7. The molecule has 1 aromatic carbocycles. The number of pyridine rings is 1. The normalized spacial score (nSPS) is 16.0. The number of rotatable bonds is 3. The first-order valence-corrected chi connectivity index (χ1v) is 9.55. The Hall–Kier alpha value is -2.18. The number of fused-ring (bicyclic) bond motifs is 1. The monoisotopic (exact) mass is 341 g/mol. The highest BCUT2D eigenvalue weighted by Gasteiger charge is 2.26. The van der Waals surface area contributed by atoms with E-state index >= 15 is 0 Å². The summed E-state index contributed by atoms with van der Waals surface area (Å²) in [6.07, 6.45) is 3.65. The van der Waals surface area contributed by atoms with Crippen LogP contribution < -0.4 is 0 Å². The van der Waals surface area contributed by atoms with E-state index in [2.05, 4.69) is 16.0 Å². The number of sulfonamides is 1. The van der Waals surface area contributed by atoms with Crippen LogP contribution in [0.4, 0.5) is 0 Å². The lowest BCUT2D eigenvalue weighted by atomic mass is 10.0. The minimum absolute atomic E-state index is 0.365. The van der Waals surface area contributed by atoms with Crippen LogP contribution in [0.1, 0.15) is 18.5 Å². The molecule has 3 heterocycles. The van der Waals surface area contributed by atoms with Gasteiger partial charge in [0.2, 0.25) is 10.0 Å². The Balaban J connectivity index is 1.73. The lowest BCUT2D eigenvalue weighted by molar-refractivity contribution is 0.477. The van der Waals surface area contributed by atoms with Gasteiger partial charge >= 0.3 is 0 Å². The molecule has 2 aromatic heterocycles. The van der Waals surface area contributed by atoms with Crippen molar-refractivity contribution >= 4 is 21.1 Å². The fourth-order valence-corrected chi connectivity index (χ4v) is 4.81. The Morgan fingerprint density at radius 3 is 2.50 bits per heavy atom. The first-order chi connectivity index (χ1) is 11.6. The fourth-order valence-electron chi connectivity index (χ4n) is 3.29. The third-order valence-electron chi connectivity index (χ3n) is 4.53. The summed E-state index contributed by atoms with van der Waals surface area (Å²) in [5.74, 6) is 0. The lowest BCUT2D eigenvalue weighted by Gasteiger charge is -2.15. The number of benzene rings is 1. The molecule has 0 radical (unpaired) electrons. The Bertz CT molecular complexity index is 985. The molecule has 0 amide bonds. The van der Waals surface area contributed by atoms with Gasteiger partial charge in [0.25, 0.3) is 0 Å². The maximum absolute atomic E-state index is 12.6. The largest absolute Gasteiger partial charge is 0.344 e. The summed E-state index contributed by atoms with van der Waals surface area (Å²) >= 11 is 0. The molecule has 4 rings (SSSR count). The molecular weight excluding hydrogens is 322 g/mol. The van der Waals surface area contributed by atoms with Crippen molar-refractivity contribution in [2.24, 2.45) is 0 Å². The highest BCUT2D eigenvalue weighted by Crippen LogP contribution is 2.29. The van der Waals surface area contributed by atoms with Crippen molar-refractivity contribution in [1.82, 2.24) is 14.3 Å². The number of aryl methyl sites for hydroxylation is 1. The average Bonchev–Trinajstić information content (AvgIpc) is 3.23. The quantitative estimate of drug-likeness (QED) is 0.795. The van der Waals surface area contributed by atoms with E-state index < -0.39 is 10.0 Å². The topological polar surface area (TPSA) is 66.1 Å². The molecule has 1 N–H and O–H groups in total. The van der Waals surface area contributed by atoms with Crippen LogP contribution in [-0.4, -0.2) is 35.8 Å².